The molecule has 0 radical (unpaired) electrons. The van der Waals surface area contributed by atoms with Crippen LogP contribution >= 0.6 is 30.7 Å². The summed E-state index contributed by atoms with van der Waals surface area (Å²) in [6.07, 6.45) is 1.17. The van der Waals surface area contributed by atoms with E-state index in [4.69, 9.17) is 18.5 Å². The van der Waals surface area contributed by atoms with Crippen molar-refractivity contribution < 1.29 is 37.2 Å². The average Bonchev–Trinajstić information content (AvgIpc) is 2.67. The van der Waals surface area contributed by atoms with Gasteiger partial charge in [0.2, 0.25) is 14.7 Å². The number of esters is 2. The number of alkyl halides is 1. The van der Waals surface area contributed by atoms with Gasteiger partial charge in [-0.15, -0.1) is 0 Å². The van der Waals surface area contributed by atoms with Crippen molar-refractivity contribution in [1.29, 1.82) is 0 Å². The smallest absolute Gasteiger partial charge is 0.306 e. The Labute approximate surface area is 183 Å². The van der Waals surface area contributed by atoms with E-state index < -0.39 is 14.7 Å². The largest absolute Gasteiger partial charge is 0.466 e. The summed E-state index contributed by atoms with van der Waals surface area (Å²) in [5.74, 6) is 0.622. The van der Waals surface area contributed by atoms with Crippen molar-refractivity contribution in [3.05, 3.63) is 12.4 Å². The third kappa shape index (κ3) is 17.0. The maximum absolute atomic E-state index is 12.1. The lowest BCUT2D eigenvalue weighted by atomic mass is 10.5. The van der Waals surface area contributed by atoms with E-state index in [1.165, 1.54) is 5.82 Å². The first-order chi connectivity index (χ1) is 13.7. The Kier molecular flexibility index (Phi) is 19.4. The molecule has 0 aliphatic carbocycles. The third-order valence-corrected chi connectivity index (χ3v) is 8.96. The molecular weight excluding hydrogens is 486 g/mol. The zero-order valence-corrected chi connectivity index (χ0v) is 21.3. The highest BCUT2D eigenvalue weighted by molar-refractivity contribution is 9.09. The number of carbonyl (C=O) groups excluding carboxylic acids is 2. The molecule has 11 heteroatoms. The molecule has 29 heavy (non-hydrogen) atoms. The van der Waals surface area contributed by atoms with Crippen LogP contribution in [0.1, 0.15) is 40.5 Å². The van der Waals surface area contributed by atoms with E-state index in [-0.39, 0.29) is 37.1 Å². The van der Waals surface area contributed by atoms with Crippen molar-refractivity contribution in [3.63, 3.8) is 0 Å². The predicted molar refractivity (Wildman–Crippen MR) is 120 cm³/mol. The highest BCUT2D eigenvalue weighted by atomic mass is 79.9. The molecule has 8 nitrogen and oxygen atoms in total. The van der Waals surface area contributed by atoms with Crippen LogP contribution < -0.4 is 0 Å². The second kappa shape index (κ2) is 18.3. The molecule has 2 atom stereocenters. The summed E-state index contributed by atoms with van der Waals surface area (Å²) in [5, 5.41) is 0.618. The molecule has 0 heterocycles. The lowest BCUT2D eigenvalue weighted by Crippen LogP contribution is -2.09. The molecule has 0 rings (SSSR count). The fraction of sp³-hybridized carbons (Fsp3) is 0.778. The molecule has 2 unspecified atom stereocenters. The summed E-state index contributed by atoms with van der Waals surface area (Å²) < 4.78 is 43.5. The molecule has 0 aliphatic heterocycles. The van der Waals surface area contributed by atoms with Gasteiger partial charge in [-0.2, -0.15) is 0 Å². The van der Waals surface area contributed by atoms with Gasteiger partial charge in [-0.1, -0.05) is 22.5 Å². The second-order valence-corrected chi connectivity index (χ2v) is 11.6. The monoisotopic (exact) mass is 520 g/mol. The fourth-order valence-electron chi connectivity index (χ4n) is 2.01. The molecule has 0 aromatic rings. The van der Waals surface area contributed by atoms with Gasteiger partial charge >= 0.3 is 11.9 Å². The van der Waals surface area contributed by atoms with E-state index >= 15 is 0 Å². The van der Waals surface area contributed by atoms with Crippen molar-refractivity contribution >= 4 is 42.6 Å². The Hall–Kier alpha value is -0.460. The van der Waals surface area contributed by atoms with Crippen molar-refractivity contribution in [1.82, 2.24) is 0 Å². The predicted octanol–water partition coefficient (Wildman–Crippen LogP) is 5.05. The van der Waals surface area contributed by atoms with Crippen LogP contribution in [0.3, 0.4) is 0 Å². The summed E-state index contributed by atoms with van der Waals surface area (Å²) in [6, 6.07) is 0. The minimum Gasteiger partial charge on any atom is -0.466 e. The zero-order chi connectivity index (χ0) is 22.8. The van der Waals surface area contributed by atoms with Gasteiger partial charge in [-0.25, -0.2) is 0 Å². The molecule has 0 bridgehead atoms. The number of halogens is 1. The molecule has 172 valence electrons. The van der Waals surface area contributed by atoms with E-state index in [0.717, 1.165) is 0 Å². The molecule has 0 aromatic heterocycles. The maximum Gasteiger partial charge on any atom is 0.306 e. The van der Waals surface area contributed by atoms with Gasteiger partial charge in [0, 0.05) is 23.8 Å². The zero-order valence-electron chi connectivity index (χ0n) is 17.9. The minimum absolute atomic E-state index is 0.108. The van der Waals surface area contributed by atoms with Crippen LogP contribution in [0.4, 0.5) is 0 Å². The Morgan fingerprint density at radius 1 is 0.828 bits per heavy atom. The van der Waals surface area contributed by atoms with Crippen LogP contribution in [0.15, 0.2) is 12.4 Å². The van der Waals surface area contributed by atoms with Crippen molar-refractivity contribution in [2.24, 2.45) is 0 Å². The number of ether oxygens (including phenoxy) is 2. The first-order valence-electron chi connectivity index (χ1n) is 9.62. The summed E-state index contributed by atoms with van der Waals surface area (Å²) in [7, 11) is -5.46. The van der Waals surface area contributed by atoms with Gasteiger partial charge in [0.15, 0.2) is 0 Å². The van der Waals surface area contributed by atoms with Crippen molar-refractivity contribution in [3.8, 4) is 0 Å². The van der Waals surface area contributed by atoms with Gasteiger partial charge in [0.05, 0.1) is 39.3 Å². The van der Waals surface area contributed by atoms with E-state index in [2.05, 4.69) is 22.5 Å². The first kappa shape index (κ1) is 30.7. The lowest BCUT2D eigenvalue weighted by molar-refractivity contribution is -0.143. The van der Waals surface area contributed by atoms with Gasteiger partial charge in [-0.05, 0) is 33.5 Å². The summed E-state index contributed by atoms with van der Waals surface area (Å²) in [6.45, 7) is 11.9. The fourth-order valence-corrected chi connectivity index (χ4v) is 6.71. The van der Waals surface area contributed by atoms with Crippen LogP contribution in [0.25, 0.3) is 0 Å². The van der Waals surface area contributed by atoms with Crippen LogP contribution in [-0.4, -0.2) is 62.2 Å². The number of hydrogen-bond donors (Lipinski definition) is 0. The van der Waals surface area contributed by atoms with Crippen LogP contribution in [0.2, 0.25) is 0 Å². The van der Waals surface area contributed by atoms with Crippen molar-refractivity contribution in [2.45, 2.75) is 40.5 Å². The molecule has 0 aromatic carbocycles. The molecule has 0 saturated heterocycles. The number of rotatable bonds is 15. The highest BCUT2D eigenvalue weighted by Crippen LogP contribution is 2.48. The van der Waals surface area contributed by atoms with Gasteiger partial charge in [0.1, 0.15) is 0 Å². The molecule has 0 fully saturated rings. The quantitative estimate of drug-likeness (QED) is 0.168. The Balaban J connectivity index is 0. The molecule has 0 saturated carbocycles. The van der Waals surface area contributed by atoms with Crippen LogP contribution in [0, 0.1) is 0 Å². The molecule has 0 aliphatic rings. The van der Waals surface area contributed by atoms with Crippen LogP contribution in [-0.2, 0) is 37.2 Å². The molecule has 0 N–H and O–H groups in total. The van der Waals surface area contributed by atoms with E-state index in [1.54, 1.807) is 27.7 Å². The van der Waals surface area contributed by atoms with Crippen molar-refractivity contribution in [2.75, 3.05) is 50.2 Å². The van der Waals surface area contributed by atoms with E-state index in [9.17, 15) is 18.7 Å². The SMILES string of the molecule is C=CP(=O)(CCC(=O)OCC)OCC.CCOC(=O)CCP(=O)(CCBr)OCC. The molecule has 0 spiro atoms. The maximum atomic E-state index is 12.1. The third-order valence-electron chi connectivity index (χ3n) is 3.31. The second-order valence-electron chi connectivity index (χ2n) is 5.53. The highest BCUT2D eigenvalue weighted by Gasteiger charge is 2.23. The van der Waals surface area contributed by atoms with Crippen LogP contribution in [0.5, 0.6) is 0 Å². The average molecular weight is 521 g/mol. The summed E-state index contributed by atoms with van der Waals surface area (Å²) in [5.41, 5.74) is 0. The Morgan fingerprint density at radius 3 is 1.69 bits per heavy atom. The lowest BCUT2D eigenvalue weighted by Gasteiger charge is -2.15. The number of hydrogen-bond acceptors (Lipinski definition) is 8. The topological polar surface area (TPSA) is 105 Å². The van der Waals surface area contributed by atoms with Gasteiger partial charge < -0.3 is 18.5 Å². The van der Waals surface area contributed by atoms with E-state index in [1.807, 2.05) is 0 Å². The number of carbonyl (C=O) groups is 2. The molecular formula is C18H35BrO8P2. The standard InChI is InChI=1S/C9H18BrO4P.C9H17O4P/c1-3-13-9(11)5-7-15(12,8-6-10)14-4-2;1-4-12-9(10)7-8-14(11,6-3)13-5-2/h3-8H2,1-2H3;6H,3-5,7-8H2,1-2H3. The van der Waals surface area contributed by atoms with Gasteiger partial charge in [0.25, 0.3) is 0 Å². The Morgan fingerprint density at radius 2 is 1.31 bits per heavy atom. The first-order valence-corrected chi connectivity index (χ1v) is 14.6. The van der Waals surface area contributed by atoms with E-state index in [0.29, 0.717) is 37.9 Å². The molecule has 0 amide bonds. The summed E-state index contributed by atoms with van der Waals surface area (Å²) in [4.78, 5) is 22.1. The summed E-state index contributed by atoms with van der Waals surface area (Å²) >= 11 is 3.22. The normalized spacial score (nSPS) is 14.5. The van der Waals surface area contributed by atoms with Gasteiger partial charge in [-0.3, -0.25) is 18.7 Å². The minimum atomic E-state index is -2.81. The Bertz CT molecular complexity index is 558.